The first-order chi connectivity index (χ1) is 8.91. The quantitative estimate of drug-likeness (QED) is 0.922. The fraction of sp³-hybridized carbons (Fsp3) is 0.800. The van der Waals surface area contributed by atoms with E-state index in [2.05, 4.69) is 37.6 Å². The van der Waals surface area contributed by atoms with E-state index >= 15 is 0 Å². The number of nitrogens with two attached hydrogens (primary N) is 1. The molecule has 1 aliphatic rings. The van der Waals surface area contributed by atoms with E-state index in [1.807, 2.05) is 0 Å². The maximum atomic E-state index is 6.50. The molecule has 1 aromatic heterocycles. The Bertz CT molecular complexity index is 400. The van der Waals surface area contributed by atoms with Gasteiger partial charge in [0.05, 0.1) is 10.7 Å². The Balaban J connectivity index is 2.02. The van der Waals surface area contributed by atoms with E-state index in [1.54, 1.807) is 11.3 Å². The summed E-state index contributed by atoms with van der Waals surface area (Å²) < 4.78 is 0. The lowest BCUT2D eigenvalue weighted by Crippen LogP contribution is -2.58. The number of thiazole rings is 1. The molecule has 0 amide bonds. The minimum absolute atomic E-state index is 0.0634. The van der Waals surface area contributed by atoms with Gasteiger partial charge in [-0.2, -0.15) is 0 Å². The minimum Gasteiger partial charge on any atom is -0.326 e. The predicted octanol–water partition coefficient (Wildman–Crippen LogP) is 2.89. The summed E-state index contributed by atoms with van der Waals surface area (Å²) in [5, 5.41) is 1.19. The maximum absolute atomic E-state index is 6.50. The summed E-state index contributed by atoms with van der Waals surface area (Å²) >= 11 is 1.80. The molecule has 1 aliphatic heterocycles. The van der Waals surface area contributed by atoms with Crippen molar-refractivity contribution in [2.24, 2.45) is 5.73 Å². The largest absolute Gasteiger partial charge is 0.326 e. The summed E-state index contributed by atoms with van der Waals surface area (Å²) in [5.41, 5.74) is 7.72. The maximum Gasteiger partial charge on any atom is 0.0947 e. The zero-order valence-corrected chi connectivity index (χ0v) is 13.5. The highest BCUT2D eigenvalue weighted by Crippen LogP contribution is 2.26. The third-order valence-electron chi connectivity index (χ3n) is 4.55. The zero-order valence-electron chi connectivity index (χ0n) is 12.7. The van der Waals surface area contributed by atoms with Crippen LogP contribution in [0.5, 0.6) is 0 Å². The number of piperidine rings is 1. The number of hydrogen-bond donors (Lipinski definition) is 1. The van der Waals surface area contributed by atoms with Gasteiger partial charge in [0.2, 0.25) is 0 Å². The molecule has 108 valence electrons. The van der Waals surface area contributed by atoms with Crippen molar-refractivity contribution < 1.29 is 0 Å². The molecule has 1 atom stereocenters. The van der Waals surface area contributed by atoms with Gasteiger partial charge in [-0.05, 0) is 53.6 Å². The van der Waals surface area contributed by atoms with Crippen LogP contribution in [0.2, 0.25) is 0 Å². The third kappa shape index (κ3) is 3.36. The Labute approximate surface area is 121 Å². The number of rotatable bonds is 4. The standard InChI is InChI=1S/C15H27N3S/c1-11-12(2)19-14(17-11)10-13(16)15(3,4)18-8-6-5-7-9-18/h13H,5-10,16H2,1-4H3. The molecule has 19 heavy (non-hydrogen) atoms. The number of hydrogen-bond acceptors (Lipinski definition) is 4. The second kappa shape index (κ2) is 5.90. The van der Waals surface area contributed by atoms with Gasteiger partial charge in [-0.15, -0.1) is 11.3 Å². The SMILES string of the molecule is Cc1nc(CC(N)C(C)(C)N2CCCCC2)sc1C. The van der Waals surface area contributed by atoms with Crippen molar-refractivity contribution in [1.29, 1.82) is 0 Å². The van der Waals surface area contributed by atoms with Crippen molar-refractivity contribution in [3.63, 3.8) is 0 Å². The average molecular weight is 281 g/mol. The average Bonchev–Trinajstić information content (AvgIpc) is 2.69. The van der Waals surface area contributed by atoms with E-state index < -0.39 is 0 Å². The van der Waals surface area contributed by atoms with E-state index in [0.717, 1.165) is 12.1 Å². The number of aromatic nitrogens is 1. The molecule has 1 unspecified atom stereocenters. The Morgan fingerprint density at radius 3 is 2.42 bits per heavy atom. The molecular weight excluding hydrogens is 254 g/mol. The third-order valence-corrected chi connectivity index (χ3v) is 5.64. The van der Waals surface area contributed by atoms with Crippen molar-refractivity contribution in [2.75, 3.05) is 13.1 Å². The molecule has 3 nitrogen and oxygen atoms in total. The molecule has 0 aliphatic carbocycles. The van der Waals surface area contributed by atoms with Gasteiger partial charge < -0.3 is 5.73 Å². The van der Waals surface area contributed by atoms with Crippen LogP contribution in [-0.2, 0) is 6.42 Å². The number of nitrogens with zero attached hydrogens (tertiary/aromatic N) is 2. The van der Waals surface area contributed by atoms with E-state index in [4.69, 9.17) is 5.73 Å². The Morgan fingerprint density at radius 2 is 1.89 bits per heavy atom. The second-order valence-electron chi connectivity index (χ2n) is 6.26. The normalized spacial score (nSPS) is 19.6. The van der Waals surface area contributed by atoms with Gasteiger partial charge in [0.15, 0.2) is 0 Å². The summed E-state index contributed by atoms with van der Waals surface area (Å²) in [6.45, 7) is 11.2. The van der Waals surface area contributed by atoms with Crippen LogP contribution in [0, 0.1) is 13.8 Å². The van der Waals surface area contributed by atoms with E-state index in [1.165, 1.54) is 42.2 Å². The van der Waals surface area contributed by atoms with Crippen LogP contribution >= 0.6 is 11.3 Å². The van der Waals surface area contributed by atoms with Crippen LogP contribution in [0.25, 0.3) is 0 Å². The molecule has 0 radical (unpaired) electrons. The summed E-state index contributed by atoms with van der Waals surface area (Å²) in [4.78, 5) is 8.51. The molecular formula is C15H27N3S. The van der Waals surface area contributed by atoms with Gasteiger partial charge in [-0.3, -0.25) is 4.90 Å². The first-order valence-electron chi connectivity index (χ1n) is 7.35. The van der Waals surface area contributed by atoms with Crippen LogP contribution in [-0.4, -0.2) is 34.6 Å². The topological polar surface area (TPSA) is 42.1 Å². The van der Waals surface area contributed by atoms with Gasteiger partial charge in [0.25, 0.3) is 0 Å². The number of likely N-dealkylation sites (tertiary alicyclic amines) is 1. The lowest BCUT2D eigenvalue weighted by molar-refractivity contribution is 0.0731. The van der Waals surface area contributed by atoms with Crippen molar-refractivity contribution in [3.8, 4) is 0 Å². The first kappa shape index (κ1) is 14.9. The van der Waals surface area contributed by atoms with Gasteiger partial charge in [-0.1, -0.05) is 6.42 Å². The monoisotopic (exact) mass is 281 g/mol. The molecule has 0 aromatic carbocycles. The summed E-state index contributed by atoms with van der Waals surface area (Å²) in [5.74, 6) is 0. The van der Waals surface area contributed by atoms with Crippen molar-refractivity contribution in [3.05, 3.63) is 15.6 Å². The van der Waals surface area contributed by atoms with Crippen LogP contribution in [0.3, 0.4) is 0 Å². The number of aryl methyl sites for hydroxylation is 2. The minimum atomic E-state index is 0.0634. The summed E-state index contributed by atoms with van der Waals surface area (Å²) in [7, 11) is 0. The molecule has 1 fully saturated rings. The fourth-order valence-corrected chi connectivity index (χ4v) is 3.76. The van der Waals surface area contributed by atoms with Crippen LogP contribution in [0.4, 0.5) is 0 Å². The summed E-state index contributed by atoms with van der Waals surface area (Å²) in [6.07, 6.45) is 4.88. The molecule has 1 aromatic rings. The lowest BCUT2D eigenvalue weighted by Gasteiger charge is -2.44. The van der Waals surface area contributed by atoms with Crippen molar-refractivity contribution in [1.82, 2.24) is 9.88 Å². The molecule has 1 saturated heterocycles. The molecule has 2 rings (SSSR count). The van der Waals surface area contributed by atoms with E-state index in [9.17, 15) is 0 Å². The van der Waals surface area contributed by atoms with Gasteiger partial charge in [-0.25, -0.2) is 4.98 Å². The van der Waals surface area contributed by atoms with E-state index in [-0.39, 0.29) is 11.6 Å². The van der Waals surface area contributed by atoms with Crippen LogP contribution in [0.1, 0.15) is 48.7 Å². The van der Waals surface area contributed by atoms with Crippen LogP contribution in [0.15, 0.2) is 0 Å². The Kier molecular flexibility index (Phi) is 4.64. The molecule has 4 heteroatoms. The highest BCUT2D eigenvalue weighted by Gasteiger charge is 2.34. The molecule has 0 bridgehead atoms. The van der Waals surface area contributed by atoms with Gasteiger partial charge in [0, 0.05) is 22.9 Å². The van der Waals surface area contributed by atoms with Crippen LogP contribution < -0.4 is 5.73 Å². The lowest BCUT2D eigenvalue weighted by atomic mass is 9.89. The molecule has 2 heterocycles. The van der Waals surface area contributed by atoms with Gasteiger partial charge in [0.1, 0.15) is 0 Å². The van der Waals surface area contributed by atoms with Crippen molar-refractivity contribution in [2.45, 2.75) is 65.0 Å². The fourth-order valence-electron chi connectivity index (χ4n) is 2.77. The Hall–Kier alpha value is -0.450. The smallest absolute Gasteiger partial charge is 0.0947 e. The highest BCUT2D eigenvalue weighted by atomic mass is 32.1. The molecule has 0 spiro atoms. The summed E-state index contributed by atoms with van der Waals surface area (Å²) in [6, 6.07) is 0.149. The van der Waals surface area contributed by atoms with E-state index in [0.29, 0.717) is 0 Å². The molecule has 2 N–H and O–H groups in total. The Morgan fingerprint density at radius 1 is 1.26 bits per heavy atom. The first-order valence-corrected chi connectivity index (χ1v) is 8.16. The predicted molar refractivity (Wildman–Crippen MR) is 82.8 cm³/mol. The zero-order chi connectivity index (χ0) is 14.0. The molecule has 0 saturated carbocycles. The highest BCUT2D eigenvalue weighted by molar-refractivity contribution is 7.11. The van der Waals surface area contributed by atoms with Gasteiger partial charge >= 0.3 is 0 Å². The second-order valence-corrected chi connectivity index (χ2v) is 7.55. The van der Waals surface area contributed by atoms with Crippen molar-refractivity contribution >= 4 is 11.3 Å².